The van der Waals surface area contributed by atoms with Crippen LogP contribution in [-0.2, 0) is 13.1 Å². The summed E-state index contributed by atoms with van der Waals surface area (Å²) in [5, 5.41) is 13.9. The molecule has 0 bridgehead atoms. The summed E-state index contributed by atoms with van der Waals surface area (Å²) in [6.45, 7) is 2.93. The molecule has 1 amide bonds. The maximum Gasteiger partial charge on any atom is 0.257 e. The molecule has 0 radical (unpaired) electrons. The van der Waals surface area contributed by atoms with E-state index in [1.807, 2.05) is 30.5 Å². The Hall–Kier alpha value is -2.71. The zero-order valence-electron chi connectivity index (χ0n) is 13.9. The number of carbonyl (C=O) groups excluding carboxylic acids is 1. The van der Waals surface area contributed by atoms with Crippen molar-refractivity contribution in [2.45, 2.75) is 20.0 Å². The van der Waals surface area contributed by atoms with Crippen LogP contribution in [0.1, 0.15) is 23.0 Å². The first kappa shape index (κ1) is 16.7. The number of hydrogen-bond acceptors (Lipinski definition) is 5. The van der Waals surface area contributed by atoms with Crippen LogP contribution in [0.5, 0.6) is 0 Å². The van der Waals surface area contributed by atoms with Gasteiger partial charge in [-0.05, 0) is 24.4 Å². The summed E-state index contributed by atoms with van der Waals surface area (Å²) in [5.41, 5.74) is 2.60. The smallest absolute Gasteiger partial charge is 0.257 e. The van der Waals surface area contributed by atoms with Crippen molar-refractivity contribution in [3.8, 4) is 10.6 Å². The Morgan fingerprint density at radius 1 is 1.31 bits per heavy atom. The van der Waals surface area contributed by atoms with Crippen molar-refractivity contribution < 1.29 is 4.79 Å². The lowest BCUT2D eigenvalue weighted by molar-refractivity contribution is 0.0951. The lowest BCUT2D eigenvalue weighted by Crippen LogP contribution is -2.24. The van der Waals surface area contributed by atoms with Gasteiger partial charge in [0.05, 0.1) is 40.2 Å². The largest absolute Gasteiger partial charge is 0.346 e. The molecule has 7 nitrogen and oxygen atoms in total. The van der Waals surface area contributed by atoms with E-state index in [-0.39, 0.29) is 12.5 Å². The van der Waals surface area contributed by atoms with Gasteiger partial charge in [-0.25, -0.2) is 9.50 Å². The number of carbonyl (C=O) groups is 1. The molecule has 4 heterocycles. The number of aromatic nitrogens is 5. The van der Waals surface area contributed by atoms with Crippen LogP contribution in [0.2, 0.25) is 5.02 Å². The normalized spacial score (nSPS) is 11.2. The first-order valence-electron chi connectivity index (χ1n) is 8.04. The molecule has 132 valence electrons. The third-order valence-corrected chi connectivity index (χ3v) is 5.24. The zero-order valence-corrected chi connectivity index (χ0v) is 15.5. The van der Waals surface area contributed by atoms with Crippen LogP contribution >= 0.6 is 22.9 Å². The number of nitrogens with zero attached hydrogens (tertiary/aromatic N) is 5. The minimum absolute atomic E-state index is 0.254. The number of halogens is 1. The molecule has 4 aromatic rings. The first-order chi connectivity index (χ1) is 12.7. The van der Waals surface area contributed by atoms with Crippen molar-refractivity contribution in [3.05, 3.63) is 58.4 Å². The standard InChI is InChI=1S/C17H15ClN6OS/c1-2-23-14(12(18)9-21-23)10-20-17(25)11-8-22-24-13(5-6-19-16(11)24)15-4-3-7-26-15/h3-9H,2,10H2,1H3,(H,20,25). The van der Waals surface area contributed by atoms with E-state index in [4.69, 9.17) is 11.6 Å². The molecule has 0 atom stereocenters. The highest BCUT2D eigenvalue weighted by Gasteiger charge is 2.17. The quantitative estimate of drug-likeness (QED) is 0.571. The van der Waals surface area contributed by atoms with Gasteiger partial charge in [0.25, 0.3) is 5.91 Å². The summed E-state index contributed by atoms with van der Waals surface area (Å²) in [5.74, 6) is -0.254. The maximum atomic E-state index is 12.6. The van der Waals surface area contributed by atoms with E-state index in [1.54, 1.807) is 32.9 Å². The van der Waals surface area contributed by atoms with E-state index >= 15 is 0 Å². The lowest BCUT2D eigenvalue weighted by Gasteiger charge is -2.07. The summed E-state index contributed by atoms with van der Waals surface area (Å²) in [6.07, 6.45) is 4.80. The van der Waals surface area contributed by atoms with Crippen molar-refractivity contribution in [3.63, 3.8) is 0 Å². The van der Waals surface area contributed by atoms with Crippen LogP contribution < -0.4 is 5.32 Å². The predicted molar refractivity (Wildman–Crippen MR) is 100 cm³/mol. The Bertz CT molecular complexity index is 1070. The first-order valence-corrected chi connectivity index (χ1v) is 9.29. The molecule has 26 heavy (non-hydrogen) atoms. The van der Waals surface area contributed by atoms with E-state index in [2.05, 4.69) is 20.5 Å². The Morgan fingerprint density at radius 2 is 2.19 bits per heavy atom. The number of rotatable bonds is 5. The number of aryl methyl sites for hydroxylation is 1. The fourth-order valence-corrected chi connectivity index (χ4v) is 3.70. The third kappa shape index (κ3) is 2.87. The molecule has 0 aliphatic carbocycles. The molecule has 1 N–H and O–H groups in total. The molecule has 0 unspecified atom stereocenters. The Kier molecular flexibility index (Phi) is 4.44. The Morgan fingerprint density at radius 3 is 2.96 bits per heavy atom. The van der Waals surface area contributed by atoms with Crippen LogP contribution in [0, 0.1) is 0 Å². The molecular weight excluding hydrogens is 372 g/mol. The zero-order chi connectivity index (χ0) is 18.1. The third-order valence-electron chi connectivity index (χ3n) is 4.03. The number of fused-ring (bicyclic) bond motifs is 1. The minimum atomic E-state index is -0.254. The van der Waals surface area contributed by atoms with E-state index in [0.717, 1.165) is 16.3 Å². The van der Waals surface area contributed by atoms with Gasteiger partial charge < -0.3 is 5.32 Å². The van der Waals surface area contributed by atoms with Gasteiger partial charge in [-0.1, -0.05) is 17.7 Å². The van der Waals surface area contributed by atoms with Crippen molar-refractivity contribution in [2.24, 2.45) is 0 Å². The van der Waals surface area contributed by atoms with Gasteiger partial charge in [-0.15, -0.1) is 11.3 Å². The highest BCUT2D eigenvalue weighted by molar-refractivity contribution is 7.13. The van der Waals surface area contributed by atoms with Crippen molar-refractivity contribution in [2.75, 3.05) is 0 Å². The molecule has 0 aliphatic rings. The topological polar surface area (TPSA) is 77.1 Å². The summed E-state index contributed by atoms with van der Waals surface area (Å²) in [6, 6.07) is 5.87. The summed E-state index contributed by atoms with van der Waals surface area (Å²) >= 11 is 7.75. The van der Waals surface area contributed by atoms with Gasteiger partial charge in [0.15, 0.2) is 5.65 Å². The highest BCUT2D eigenvalue weighted by Crippen LogP contribution is 2.25. The van der Waals surface area contributed by atoms with Crippen molar-refractivity contribution >= 4 is 34.5 Å². The number of amides is 1. The second kappa shape index (κ2) is 6.89. The highest BCUT2D eigenvalue weighted by atomic mass is 35.5. The molecule has 0 saturated heterocycles. The second-order valence-corrected chi connectivity index (χ2v) is 6.89. The fraction of sp³-hybridized carbons (Fsp3) is 0.176. The summed E-state index contributed by atoms with van der Waals surface area (Å²) in [4.78, 5) is 18.0. The van der Waals surface area contributed by atoms with Crippen LogP contribution in [-0.4, -0.2) is 30.3 Å². The van der Waals surface area contributed by atoms with Gasteiger partial charge in [0.1, 0.15) is 5.56 Å². The van der Waals surface area contributed by atoms with Crippen molar-refractivity contribution in [1.82, 2.24) is 29.7 Å². The van der Waals surface area contributed by atoms with E-state index < -0.39 is 0 Å². The molecule has 0 fully saturated rings. The van der Waals surface area contributed by atoms with Gasteiger partial charge >= 0.3 is 0 Å². The van der Waals surface area contributed by atoms with Crippen LogP contribution in [0.25, 0.3) is 16.2 Å². The van der Waals surface area contributed by atoms with Crippen LogP contribution in [0.4, 0.5) is 0 Å². The number of hydrogen-bond donors (Lipinski definition) is 1. The number of thiophene rings is 1. The summed E-state index contributed by atoms with van der Waals surface area (Å²) < 4.78 is 3.44. The SMILES string of the molecule is CCn1ncc(Cl)c1CNC(=O)c1cnn2c(-c3cccs3)ccnc12. The lowest BCUT2D eigenvalue weighted by atomic mass is 10.3. The molecule has 0 saturated carbocycles. The molecule has 9 heteroatoms. The van der Waals surface area contributed by atoms with Gasteiger partial charge in [-0.3, -0.25) is 9.48 Å². The van der Waals surface area contributed by atoms with Gasteiger partial charge in [-0.2, -0.15) is 10.2 Å². The monoisotopic (exact) mass is 386 g/mol. The number of nitrogens with one attached hydrogen (secondary N) is 1. The molecule has 0 aliphatic heterocycles. The fourth-order valence-electron chi connectivity index (χ4n) is 2.76. The van der Waals surface area contributed by atoms with Gasteiger partial charge in [0.2, 0.25) is 0 Å². The average Bonchev–Trinajstić information content (AvgIpc) is 3.39. The van der Waals surface area contributed by atoms with Gasteiger partial charge in [0, 0.05) is 12.7 Å². The molecule has 0 spiro atoms. The maximum absolute atomic E-state index is 12.6. The Labute approximate surface area is 158 Å². The van der Waals surface area contributed by atoms with Crippen molar-refractivity contribution in [1.29, 1.82) is 0 Å². The van der Waals surface area contributed by atoms with Crippen LogP contribution in [0.3, 0.4) is 0 Å². The minimum Gasteiger partial charge on any atom is -0.346 e. The average molecular weight is 387 g/mol. The molecule has 4 aromatic heterocycles. The molecule has 4 rings (SSSR count). The molecule has 0 aromatic carbocycles. The summed E-state index contributed by atoms with van der Waals surface area (Å²) in [7, 11) is 0. The molecular formula is C17H15ClN6OS. The van der Waals surface area contributed by atoms with E-state index in [0.29, 0.717) is 22.8 Å². The Balaban J connectivity index is 1.62. The predicted octanol–water partition coefficient (Wildman–Crippen LogP) is 3.26. The van der Waals surface area contributed by atoms with Crippen LogP contribution in [0.15, 0.2) is 42.2 Å². The van der Waals surface area contributed by atoms with E-state index in [9.17, 15) is 4.79 Å². The van der Waals surface area contributed by atoms with E-state index in [1.165, 1.54) is 6.20 Å². The second-order valence-electron chi connectivity index (χ2n) is 5.54.